The van der Waals surface area contributed by atoms with E-state index < -0.39 is 49.8 Å². The van der Waals surface area contributed by atoms with Gasteiger partial charge in [-0.1, -0.05) is 0 Å². The van der Waals surface area contributed by atoms with E-state index in [1.165, 1.54) is 12.1 Å². The zero-order valence-corrected chi connectivity index (χ0v) is 15.7. The van der Waals surface area contributed by atoms with Crippen molar-refractivity contribution >= 4 is 33.0 Å². The molecule has 0 amide bonds. The van der Waals surface area contributed by atoms with Crippen LogP contribution < -0.4 is 4.72 Å². The van der Waals surface area contributed by atoms with E-state index in [4.69, 9.17) is 5.11 Å². The highest BCUT2D eigenvalue weighted by atomic mass is 32.2. The number of hydrogen-bond acceptors (Lipinski definition) is 5. The highest BCUT2D eigenvalue weighted by molar-refractivity contribution is 7.92. The molecule has 0 saturated carbocycles. The Morgan fingerprint density at radius 3 is 2.34 bits per heavy atom. The van der Waals surface area contributed by atoms with E-state index in [0.717, 1.165) is 41.0 Å². The van der Waals surface area contributed by atoms with Gasteiger partial charge in [0.05, 0.1) is 16.8 Å². The van der Waals surface area contributed by atoms with Crippen LogP contribution in [0.2, 0.25) is 0 Å². The van der Waals surface area contributed by atoms with E-state index in [2.05, 4.69) is 4.98 Å². The van der Waals surface area contributed by atoms with Crippen molar-refractivity contribution in [2.75, 3.05) is 4.72 Å². The van der Waals surface area contributed by atoms with Crippen LogP contribution in [0, 0.1) is 5.82 Å². The molecule has 3 aromatic rings. The van der Waals surface area contributed by atoms with Gasteiger partial charge in [-0.3, -0.25) is 4.72 Å². The maximum Gasteiger partial charge on any atom is 0.418 e. The largest absolute Gasteiger partial charge is 0.478 e. The number of benzene rings is 2. The molecule has 152 valence electrons. The normalized spacial score (nSPS) is 12.0. The van der Waals surface area contributed by atoms with E-state index in [0.29, 0.717) is 11.6 Å². The summed E-state index contributed by atoms with van der Waals surface area (Å²) >= 11 is 0.909. The van der Waals surface area contributed by atoms with Gasteiger partial charge in [0.25, 0.3) is 10.0 Å². The lowest BCUT2D eigenvalue weighted by molar-refractivity contribution is -0.136. The van der Waals surface area contributed by atoms with Crippen LogP contribution in [-0.2, 0) is 16.2 Å². The molecule has 0 bridgehead atoms. The Balaban J connectivity index is 1.96. The summed E-state index contributed by atoms with van der Waals surface area (Å²) in [5, 5.41) is 9.69. The van der Waals surface area contributed by atoms with Gasteiger partial charge in [0.15, 0.2) is 5.03 Å². The lowest BCUT2D eigenvalue weighted by Gasteiger charge is -2.14. The van der Waals surface area contributed by atoms with Crippen molar-refractivity contribution in [2.45, 2.75) is 11.2 Å². The molecule has 0 unspecified atom stereocenters. The van der Waals surface area contributed by atoms with E-state index in [-0.39, 0.29) is 5.01 Å². The molecule has 6 nitrogen and oxygen atoms in total. The van der Waals surface area contributed by atoms with Crippen LogP contribution in [0.4, 0.5) is 23.2 Å². The van der Waals surface area contributed by atoms with Crippen molar-refractivity contribution in [3.63, 3.8) is 0 Å². The minimum absolute atomic E-state index is 0.225. The zero-order valence-electron chi connectivity index (χ0n) is 14.1. The molecule has 12 heteroatoms. The Kier molecular flexibility index (Phi) is 5.32. The quantitative estimate of drug-likeness (QED) is 0.564. The summed E-state index contributed by atoms with van der Waals surface area (Å²) in [6.45, 7) is 0. The molecule has 0 fully saturated rings. The van der Waals surface area contributed by atoms with Crippen LogP contribution >= 0.6 is 11.3 Å². The Labute approximate surface area is 165 Å². The van der Waals surface area contributed by atoms with Gasteiger partial charge in [0.2, 0.25) is 0 Å². The third-order valence-corrected chi connectivity index (χ3v) is 5.95. The molecule has 0 aliphatic heterocycles. The number of nitrogens with zero attached hydrogens (tertiary/aromatic N) is 1. The number of carbonyl (C=O) groups is 1. The Bertz CT molecular complexity index is 1170. The van der Waals surface area contributed by atoms with Gasteiger partial charge in [0, 0.05) is 10.9 Å². The van der Waals surface area contributed by atoms with Crippen LogP contribution in [0.15, 0.2) is 52.9 Å². The highest BCUT2D eigenvalue weighted by Crippen LogP contribution is 2.37. The van der Waals surface area contributed by atoms with Crippen molar-refractivity contribution in [1.82, 2.24) is 4.98 Å². The SMILES string of the molecule is O=C(O)c1ccc(NS(=O)(=O)c2csc(-c3ccc(F)cc3)n2)c(C(F)(F)F)c1. The van der Waals surface area contributed by atoms with Crippen LogP contribution in [0.3, 0.4) is 0 Å². The summed E-state index contributed by atoms with van der Waals surface area (Å²) in [5.74, 6) is -2.09. The number of hydrogen-bond donors (Lipinski definition) is 2. The zero-order chi connectivity index (χ0) is 21.4. The number of nitrogens with one attached hydrogen (secondary N) is 1. The second-order valence-electron chi connectivity index (χ2n) is 5.67. The van der Waals surface area contributed by atoms with Gasteiger partial charge in [-0.15, -0.1) is 11.3 Å². The fourth-order valence-electron chi connectivity index (χ4n) is 2.31. The van der Waals surface area contributed by atoms with Crippen molar-refractivity contribution < 1.29 is 35.9 Å². The summed E-state index contributed by atoms with van der Waals surface area (Å²) < 4.78 is 79.5. The number of rotatable bonds is 5. The van der Waals surface area contributed by atoms with Gasteiger partial charge in [-0.2, -0.15) is 21.6 Å². The molecule has 3 rings (SSSR count). The number of aromatic nitrogens is 1. The number of aromatic carboxylic acids is 1. The Morgan fingerprint density at radius 1 is 1.10 bits per heavy atom. The van der Waals surface area contributed by atoms with Crippen molar-refractivity contribution in [3.05, 3.63) is 64.8 Å². The van der Waals surface area contributed by atoms with Crippen molar-refractivity contribution in [2.24, 2.45) is 0 Å². The van der Waals surface area contributed by atoms with Gasteiger partial charge in [-0.05, 0) is 42.5 Å². The first-order chi connectivity index (χ1) is 13.5. The minimum atomic E-state index is -5.00. The monoisotopic (exact) mass is 446 g/mol. The maximum absolute atomic E-state index is 13.3. The predicted molar refractivity (Wildman–Crippen MR) is 96.7 cm³/mol. The van der Waals surface area contributed by atoms with Gasteiger partial charge in [0.1, 0.15) is 10.8 Å². The third-order valence-electron chi connectivity index (χ3n) is 3.67. The van der Waals surface area contributed by atoms with E-state index in [1.807, 2.05) is 0 Å². The smallest absolute Gasteiger partial charge is 0.418 e. The predicted octanol–water partition coefficient (Wildman–Crippen LogP) is 4.47. The molecule has 1 aromatic heterocycles. The molecule has 0 radical (unpaired) electrons. The number of carboxylic acids is 1. The Hall–Kier alpha value is -2.99. The third kappa shape index (κ3) is 4.54. The molecule has 2 N–H and O–H groups in total. The summed E-state index contributed by atoms with van der Waals surface area (Å²) in [7, 11) is -4.50. The summed E-state index contributed by atoms with van der Waals surface area (Å²) in [6.07, 6.45) is -5.00. The fourth-order valence-corrected chi connectivity index (χ4v) is 4.49. The fraction of sp³-hybridized carbons (Fsp3) is 0.0588. The van der Waals surface area contributed by atoms with E-state index in [1.54, 1.807) is 4.72 Å². The molecule has 0 aliphatic carbocycles. The van der Waals surface area contributed by atoms with Gasteiger partial charge < -0.3 is 5.11 Å². The minimum Gasteiger partial charge on any atom is -0.478 e. The number of sulfonamides is 1. The average Bonchev–Trinajstić information content (AvgIpc) is 3.12. The van der Waals surface area contributed by atoms with Crippen LogP contribution in [0.5, 0.6) is 0 Å². The number of halogens is 4. The molecule has 1 heterocycles. The first-order valence-electron chi connectivity index (χ1n) is 7.66. The lowest BCUT2D eigenvalue weighted by Crippen LogP contribution is -2.18. The summed E-state index contributed by atoms with van der Waals surface area (Å²) in [5.41, 5.74) is -2.50. The first kappa shape index (κ1) is 20.7. The second kappa shape index (κ2) is 7.44. The lowest BCUT2D eigenvalue weighted by atomic mass is 10.1. The molecular formula is C17H10F4N2O4S2. The average molecular weight is 446 g/mol. The number of anilines is 1. The molecular weight excluding hydrogens is 436 g/mol. The second-order valence-corrected chi connectivity index (χ2v) is 8.15. The topological polar surface area (TPSA) is 96.4 Å². The number of alkyl halides is 3. The molecule has 0 spiro atoms. The summed E-state index contributed by atoms with van der Waals surface area (Å²) in [6, 6.07) is 6.98. The van der Waals surface area contributed by atoms with Crippen molar-refractivity contribution in [1.29, 1.82) is 0 Å². The molecule has 2 aromatic carbocycles. The molecule has 0 atom stereocenters. The molecule has 0 saturated heterocycles. The summed E-state index contributed by atoms with van der Waals surface area (Å²) in [4.78, 5) is 14.8. The highest BCUT2D eigenvalue weighted by Gasteiger charge is 2.35. The molecule has 0 aliphatic rings. The molecule has 29 heavy (non-hydrogen) atoms. The van der Waals surface area contributed by atoms with Gasteiger partial charge >= 0.3 is 12.1 Å². The first-order valence-corrected chi connectivity index (χ1v) is 10.0. The Morgan fingerprint density at radius 2 is 1.76 bits per heavy atom. The van der Waals surface area contributed by atoms with E-state index in [9.17, 15) is 30.8 Å². The van der Waals surface area contributed by atoms with Gasteiger partial charge in [-0.25, -0.2) is 14.2 Å². The van der Waals surface area contributed by atoms with E-state index >= 15 is 0 Å². The maximum atomic E-state index is 13.3. The number of thiazole rings is 1. The standard InChI is InChI=1S/C17H10F4N2O4S2/c18-11-4-1-9(2-5-11)15-22-14(8-28-15)29(26,27)23-13-6-3-10(16(24)25)7-12(13)17(19,20)21/h1-8,23H,(H,24,25). The van der Waals surface area contributed by atoms with Crippen LogP contribution in [0.1, 0.15) is 15.9 Å². The van der Waals surface area contributed by atoms with Crippen molar-refractivity contribution in [3.8, 4) is 10.6 Å². The number of carboxylic acid groups (broad SMARTS) is 1. The van der Waals surface area contributed by atoms with Crippen LogP contribution in [0.25, 0.3) is 10.6 Å². The van der Waals surface area contributed by atoms with Crippen LogP contribution in [-0.4, -0.2) is 24.5 Å².